The van der Waals surface area contributed by atoms with Gasteiger partial charge in [-0.1, -0.05) is 13.8 Å². The standard InChI is InChI=1S/C22H18F6N2O4/c1-10(2)14-8-30-17-4-3-12(7-13(14)17)34-19-15(21(23,24)25)5-11(6-16(19)22(26,27)28)29-9-18(31)20(32)33/h3-8,10,29-30H,9H2,1-2H3,(H,32,33). The van der Waals surface area contributed by atoms with Gasteiger partial charge in [0.15, 0.2) is 5.75 Å². The van der Waals surface area contributed by atoms with Gasteiger partial charge in [0.05, 0.1) is 6.54 Å². The molecule has 6 nitrogen and oxygen atoms in total. The smallest absolute Gasteiger partial charge is 0.420 e. The second-order valence-corrected chi connectivity index (χ2v) is 7.69. The predicted molar refractivity (Wildman–Crippen MR) is 110 cm³/mol. The number of aliphatic carboxylic acids is 1. The number of halogens is 6. The molecule has 34 heavy (non-hydrogen) atoms. The summed E-state index contributed by atoms with van der Waals surface area (Å²) in [5.41, 5.74) is -2.80. The molecule has 0 bridgehead atoms. The molecule has 0 aliphatic rings. The molecule has 0 saturated carbocycles. The van der Waals surface area contributed by atoms with Crippen LogP contribution in [0.2, 0.25) is 0 Å². The van der Waals surface area contributed by atoms with E-state index in [9.17, 15) is 35.9 Å². The zero-order valence-electron chi connectivity index (χ0n) is 17.7. The van der Waals surface area contributed by atoms with Crippen LogP contribution in [0.5, 0.6) is 11.5 Å². The maximum Gasteiger partial charge on any atom is 0.420 e. The van der Waals surface area contributed by atoms with E-state index < -0.39 is 53.2 Å². The average molecular weight is 488 g/mol. The van der Waals surface area contributed by atoms with Gasteiger partial charge >= 0.3 is 18.3 Å². The molecule has 12 heteroatoms. The molecule has 182 valence electrons. The highest BCUT2D eigenvalue weighted by molar-refractivity contribution is 6.34. The minimum Gasteiger partial charge on any atom is -0.475 e. The number of aromatic nitrogens is 1. The van der Waals surface area contributed by atoms with Gasteiger partial charge in [0.2, 0.25) is 0 Å². The third-order valence-electron chi connectivity index (χ3n) is 4.92. The van der Waals surface area contributed by atoms with Crippen LogP contribution in [-0.2, 0) is 21.9 Å². The summed E-state index contributed by atoms with van der Waals surface area (Å²) in [5.74, 6) is -5.01. The molecule has 0 atom stereocenters. The molecule has 3 N–H and O–H groups in total. The van der Waals surface area contributed by atoms with Gasteiger partial charge in [-0.2, -0.15) is 26.3 Å². The molecule has 0 spiro atoms. The highest BCUT2D eigenvalue weighted by Crippen LogP contribution is 2.47. The van der Waals surface area contributed by atoms with Gasteiger partial charge in [0.1, 0.15) is 16.9 Å². The van der Waals surface area contributed by atoms with Crippen molar-refractivity contribution in [2.24, 2.45) is 0 Å². The first-order chi connectivity index (χ1) is 15.7. The molecule has 1 heterocycles. The summed E-state index contributed by atoms with van der Waals surface area (Å²) in [7, 11) is 0. The summed E-state index contributed by atoms with van der Waals surface area (Å²) in [5, 5.41) is 11.2. The lowest BCUT2D eigenvalue weighted by Gasteiger charge is -2.21. The molecular weight excluding hydrogens is 470 g/mol. The van der Waals surface area contributed by atoms with Crippen molar-refractivity contribution < 1.29 is 45.8 Å². The van der Waals surface area contributed by atoms with Gasteiger partial charge in [-0.15, -0.1) is 0 Å². The van der Waals surface area contributed by atoms with Crippen molar-refractivity contribution >= 4 is 28.3 Å². The van der Waals surface area contributed by atoms with Gasteiger partial charge in [0.25, 0.3) is 5.78 Å². The summed E-state index contributed by atoms with van der Waals surface area (Å²) in [6, 6.07) is 4.72. The van der Waals surface area contributed by atoms with Crippen LogP contribution in [0, 0.1) is 0 Å². The van der Waals surface area contributed by atoms with E-state index in [2.05, 4.69) is 4.98 Å². The molecule has 2 aromatic carbocycles. The Labute approximate surface area is 188 Å². The second kappa shape index (κ2) is 8.92. The van der Waals surface area contributed by atoms with Crippen LogP contribution in [0.3, 0.4) is 0 Å². The number of carbonyl (C=O) groups excluding carboxylic acids is 1. The van der Waals surface area contributed by atoms with E-state index in [4.69, 9.17) is 9.84 Å². The first-order valence-electron chi connectivity index (χ1n) is 9.79. The lowest BCUT2D eigenvalue weighted by Crippen LogP contribution is -2.23. The average Bonchev–Trinajstić information content (AvgIpc) is 3.14. The van der Waals surface area contributed by atoms with Gasteiger partial charge in [-0.05, 0) is 41.8 Å². The fraction of sp³-hybridized carbons (Fsp3) is 0.273. The third kappa shape index (κ3) is 5.26. The molecule has 3 aromatic rings. The number of hydrogen-bond acceptors (Lipinski definition) is 4. The number of anilines is 1. The van der Waals surface area contributed by atoms with E-state index in [1.165, 1.54) is 18.2 Å². The maximum absolute atomic E-state index is 13.8. The number of aromatic amines is 1. The van der Waals surface area contributed by atoms with Crippen LogP contribution >= 0.6 is 0 Å². The zero-order chi connectivity index (χ0) is 25.4. The monoisotopic (exact) mass is 488 g/mol. The Balaban J connectivity index is 2.13. The fourth-order valence-electron chi connectivity index (χ4n) is 3.30. The van der Waals surface area contributed by atoms with E-state index in [1.54, 1.807) is 6.20 Å². The van der Waals surface area contributed by atoms with Crippen molar-refractivity contribution in [1.82, 2.24) is 4.98 Å². The predicted octanol–water partition coefficient (Wildman–Crippen LogP) is 6.19. The van der Waals surface area contributed by atoms with E-state index in [1.807, 2.05) is 19.2 Å². The van der Waals surface area contributed by atoms with Gasteiger partial charge in [0, 0.05) is 22.8 Å². The maximum atomic E-state index is 13.8. The molecule has 0 amide bonds. The number of rotatable bonds is 7. The van der Waals surface area contributed by atoms with Crippen LogP contribution in [-0.4, -0.2) is 28.4 Å². The number of hydrogen-bond donors (Lipinski definition) is 3. The molecule has 0 aliphatic heterocycles. The quantitative estimate of drug-likeness (QED) is 0.273. The second-order valence-electron chi connectivity index (χ2n) is 7.69. The first-order valence-corrected chi connectivity index (χ1v) is 9.79. The Morgan fingerprint density at radius 1 is 1.03 bits per heavy atom. The topological polar surface area (TPSA) is 91.4 Å². The number of Topliss-reactive ketones (excluding diaryl/α,β-unsaturated/α-hetero) is 1. The molecular formula is C22H18F6N2O4. The van der Waals surface area contributed by atoms with Crippen molar-refractivity contribution in [3.63, 3.8) is 0 Å². The Kier molecular flexibility index (Phi) is 6.54. The number of H-pyrrole nitrogens is 1. The Bertz CT molecular complexity index is 1210. The Morgan fingerprint density at radius 2 is 1.62 bits per heavy atom. The van der Waals surface area contributed by atoms with E-state index in [0.717, 1.165) is 5.56 Å². The highest BCUT2D eigenvalue weighted by atomic mass is 19.4. The summed E-state index contributed by atoms with van der Waals surface area (Å²) in [6.45, 7) is 2.74. The van der Waals surface area contributed by atoms with Crippen LogP contribution in [0.4, 0.5) is 32.0 Å². The molecule has 0 radical (unpaired) electrons. The van der Waals surface area contributed by atoms with Crippen molar-refractivity contribution in [1.29, 1.82) is 0 Å². The number of benzene rings is 2. The SMILES string of the molecule is CC(C)c1c[nH]c2ccc(Oc3c(C(F)(F)F)cc(NCC(=O)C(=O)O)cc3C(F)(F)F)cc12. The third-order valence-corrected chi connectivity index (χ3v) is 4.92. The van der Waals surface area contributed by atoms with E-state index >= 15 is 0 Å². The van der Waals surface area contributed by atoms with Crippen molar-refractivity contribution in [2.75, 3.05) is 11.9 Å². The normalized spacial score (nSPS) is 12.3. The molecule has 3 rings (SSSR count). The summed E-state index contributed by atoms with van der Waals surface area (Å²) >= 11 is 0. The Morgan fingerprint density at radius 3 is 2.12 bits per heavy atom. The Hall–Kier alpha value is -3.70. The minimum atomic E-state index is -5.26. The molecule has 0 fully saturated rings. The van der Waals surface area contributed by atoms with Crippen molar-refractivity contribution in [2.45, 2.75) is 32.1 Å². The number of carbonyl (C=O) groups is 2. The molecule has 1 aromatic heterocycles. The number of ether oxygens (including phenoxy) is 1. The summed E-state index contributed by atoms with van der Waals surface area (Å²) < 4.78 is 87.7. The van der Waals surface area contributed by atoms with Crippen LogP contribution in [0.25, 0.3) is 10.9 Å². The summed E-state index contributed by atoms with van der Waals surface area (Å²) in [6.07, 6.45) is -8.82. The molecule has 0 saturated heterocycles. The van der Waals surface area contributed by atoms with Crippen LogP contribution in [0.15, 0.2) is 36.5 Å². The number of nitrogens with one attached hydrogen (secondary N) is 2. The number of carboxylic acid groups (broad SMARTS) is 1. The number of alkyl halides is 6. The van der Waals surface area contributed by atoms with E-state index in [0.29, 0.717) is 23.0 Å². The largest absolute Gasteiger partial charge is 0.475 e. The molecule has 0 unspecified atom stereocenters. The first kappa shape index (κ1) is 24.9. The minimum absolute atomic E-state index is 0.0272. The van der Waals surface area contributed by atoms with Gasteiger partial charge in [-0.3, -0.25) is 4.79 Å². The number of carboxylic acids is 1. The van der Waals surface area contributed by atoms with Crippen molar-refractivity contribution in [3.8, 4) is 11.5 Å². The van der Waals surface area contributed by atoms with Crippen molar-refractivity contribution in [3.05, 3.63) is 53.2 Å². The fourth-order valence-corrected chi connectivity index (χ4v) is 3.30. The highest BCUT2D eigenvalue weighted by Gasteiger charge is 2.43. The zero-order valence-corrected chi connectivity index (χ0v) is 17.7. The number of ketones is 1. The number of fused-ring (bicyclic) bond motifs is 1. The van der Waals surface area contributed by atoms with Gasteiger partial charge < -0.3 is 20.1 Å². The van der Waals surface area contributed by atoms with E-state index in [-0.39, 0.29) is 11.7 Å². The lowest BCUT2D eigenvalue weighted by atomic mass is 10.0. The summed E-state index contributed by atoms with van der Waals surface area (Å²) in [4.78, 5) is 24.8. The lowest BCUT2D eigenvalue weighted by molar-refractivity contribution is -0.148. The van der Waals surface area contributed by atoms with Crippen LogP contribution in [0.1, 0.15) is 36.5 Å². The van der Waals surface area contributed by atoms with Gasteiger partial charge in [-0.25, -0.2) is 4.79 Å². The van der Waals surface area contributed by atoms with Crippen LogP contribution < -0.4 is 10.1 Å². The molecule has 0 aliphatic carbocycles.